The lowest BCUT2D eigenvalue weighted by atomic mass is 10.2. The van der Waals surface area contributed by atoms with E-state index in [0.717, 1.165) is 9.86 Å². The highest BCUT2D eigenvalue weighted by atomic mass is 79.9. The van der Waals surface area contributed by atoms with Crippen molar-refractivity contribution in [2.75, 3.05) is 0 Å². The maximum absolute atomic E-state index is 13.6. The predicted octanol–water partition coefficient (Wildman–Crippen LogP) is 9.70. The van der Waals surface area contributed by atoms with Crippen LogP contribution < -0.4 is 9.88 Å². The standard InChI is InChI=1S/C28H44Br2O3SSi2/c1-15(2)35(16(3)4,17(5)6)23-13-21(29)27(33-23)25(31)26(32)28-22(30)14-24(34-28)36(18(7)8,19(9)10)20(11)12/h13-20H,1-12H3. The molecule has 0 saturated carbocycles. The molecule has 36 heavy (non-hydrogen) atoms. The highest BCUT2D eigenvalue weighted by Crippen LogP contribution is 2.44. The number of carbonyl (C=O) groups excluding carboxylic acids is 2. The van der Waals surface area contributed by atoms with Gasteiger partial charge in [-0.25, -0.2) is 0 Å². The largest absolute Gasteiger partial charge is 0.461 e. The van der Waals surface area contributed by atoms with Crippen LogP contribution >= 0.6 is 43.2 Å². The average Bonchev–Trinajstić information content (AvgIpc) is 3.29. The summed E-state index contributed by atoms with van der Waals surface area (Å²) in [6.07, 6.45) is 0. The minimum absolute atomic E-state index is 0.135. The van der Waals surface area contributed by atoms with E-state index in [1.165, 1.54) is 15.8 Å². The van der Waals surface area contributed by atoms with Gasteiger partial charge in [0.15, 0.2) is 5.76 Å². The van der Waals surface area contributed by atoms with E-state index >= 15 is 0 Å². The van der Waals surface area contributed by atoms with Gasteiger partial charge in [-0.3, -0.25) is 9.59 Å². The summed E-state index contributed by atoms with van der Waals surface area (Å²) in [6, 6.07) is 4.09. The Kier molecular flexibility index (Phi) is 10.5. The van der Waals surface area contributed by atoms with Crippen molar-refractivity contribution >= 4 is 80.8 Å². The van der Waals surface area contributed by atoms with Crippen LogP contribution in [0.4, 0.5) is 0 Å². The van der Waals surface area contributed by atoms with Gasteiger partial charge in [0.1, 0.15) is 16.1 Å². The third-order valence-corrected chi connectivity index (χ3v) is 25.9. The van der Waals surface area contributed by atoms with Crippen LogP contribution in [0.3, 0.4) is 0 Å². The SMILES string of the molecule is CC(C)[Si](c1cc(Br)c(C(=O)C(=O)c2sc([Si](C(C)C)(C(C)C)C(C)C)cc2Br)o1)(C(C)C)C(C)C. The van der Waals surface area contributed by atoms with Gasteiger partial charge in [0.2, 0.25) is 5.78 Å². The van der Waals surface area contributed by atoms with E-state index < -0.39 is 27.7 Å². The molecule has 0 spiro atoms. The van der Waals surface area contributed by atoms with Gasteiger partial charge >= 0.3 is 0 Å². The topological polar surface area (TPSA) is 47.3 Å². The minimum Gasteiger partial charge on any atom is -0.461 e. The molecular formula is C28H44Br2O3SSi2. The van der Waals surface area contributed by atoms with Gasteiger partial charge in [0.05, 0.1) is 14.7 Å². The van der Waals surface area contributed by atoms with Gasteiger partial charge in [0.25, 0.3) is 5.78 Å². The van der Waals surface area contributed by atoms with E-state index in [9.17, 15) is 9.59 Å². The van der Waals surface area contributed by atoms with Crippen LogP contribution in [0.15, 0.2) is 25.5 Å². The lowest BCUT2D eigenvalue weighted by Gasteiger charge is -2.42. The summed E-state index contributed by atoms with van der Waals surface area (Å²) in [4.78, 5) is 27.7. The first kappa shape index (κ1) is 31.9. The van der Waals surface area contributed by atoms with E-state index in [0.29, 0.717) is 42.6 Å². The van der Waals surface area contributed by atoms with Gasteiger partial charge in [0, 0.05) is 4.47 Å². The third kappa shape index (κ3) is 5.15. The number of hydrogen-bond acceptors (Lipinski definition) is 4. The number of halogens is 2. The zero-order valence-corrected chi connectivity index (χ0v) is 30.0. The summed E-state index contributed by atoms with van der Waals surface area (Å²) in [5.74, 6) is -0.937. The Morgan fingerprint density at radius 1 is 0.667 bits per heavy atom. The second-order valence-electron chi connectivity index (χ2n) is 12.0. The molecule has 0 radical (unpaired) electrons. The molecule has 0 aliphatic carbocycles. The summed E-state index contributed by atoms with van der Waals surface area (Å²) in [7, 11) is -4.05. The quantitative estimate of drug-likeness (QED) is 0.135. The molecule has 0 amide bonds. The predicted molar refractivity (Wildman–Crippen MR) is 168 cm³/mol. The van der Waals surface area contributed by atoms with Crippen molar-refractivity contribution in [3.63, 3.8) is 0 Å². The zero-order valence-electron chi connectivity index (χ0n) is 24.0. The van der Waals surface area contributed by atoms with Crippen LogP contribution in [0.2, 0.25) is 33.2 Å². The first-order chi connectivity index (χ1) is 16.5. The Hall–Kier alpha value is -0.286. The van der Waals surface area contributed by atoms with Crippen LogP contribution in [0.1, 0.15) is 103 Å². The van der Waals surface area contributed by atoms with Crippen molar-refractivity contribution in [1.82, 2.24) is 0 Å². The molecule has 8 heteroatoms. The molecule has 2 aromatic heterocycles. The second-order valence-corrected chi connectivity index (χ2v) is 26.8. The first-order valence-electron chi connectivity index (χ1n) is 13.2. The van der Waals surface area contributed by atoms with E-state index in [1.807, 2.05) is 6.07 Å². The van der Waals surface area contributed by atoms with E-state index in [-0.39, 0.29) is 5.76 Å². The lowest BCUT2D eigenvalue weighted by molar-refractivity contribution is 0.0803. The maximum Gasteiger partial charge on any atom is 0.270 e. The monoisotopic (exact) mass is 674 g/mol. The molecule has 2 rings (SSSR count). The van der Waals surface area contributed by atoms with Crippen LogP contribution in [-0.4, -0.2) is 27.7 Å². The van der Waals surface area contributed by atoms with Gasteiger partial charge in [-0.1, -0.05) is 83.1 Å². The molecule has 0 fully saturated rings. The van der Waals surface area contributed by atoms with E-state index in [4.69, 9.17) is 4.42 Å². The molecule has 2 heterocycles. The molecule has 0 bridgehead atoms. The second kappa shape index (κ2) is 11.8. The molecule has 2 aromatic rings. The van der Waals surface area contributed by atoms with Crippen LogP contribution in [0.5, 0.6) is 0 Å². The highest BCUT2D eigenvalue weighted by molar-refractivity contribution is 9.11. The number of carbonyl (C=O) groups is 2. The molecule has 0 N–H and O–H groups in total. The van der Waals surface area contributed by atoms with Gasteiger partial charge in [-0.15, -0.1) is 11.3 Å². The van der Waals surface area contributed by atoms with E-state index in [1.54, 1.807) is 0 Å². The molecule has 202 valence electrons. The Morgan fingerprint density at radius 2 is 1.08 bits per heavy atom. The fourth-order valence-electron chi connectivity index (χ4n) is 7.39. The summed E-state index contributed by atoms with van der Waals surface area (Å²) < 4.78 is 8.93. The highest BCUT2D eigenvalue weighted by Gasteiger charge is 2.49. The molecule has 0 aliphatic rings. The fraction of sp³-hybridized carbons (Fsp3) is 0.643. The van der Waals surface area contributed by atoms with Gasteiger partial charge < -0.3 is 4.42 Å². The normalized spacial score (nSPS) is 13.3. The van der Waals surface area contributed by atoms with Crippen molar-refractivity contribution in [2.24, 2.45) is 0 Å². The summed E-state index contributed by atoms with van der Waals surface area (Å²) >= 11 is 8.71. The Bertz CT molecular complexity index is 967. The molecule has 0 saturated heterocycles. The molecule has 0 aromatic carbocycles. The van der Waals surface area contributed by atoms with Crippen LogP contribution in [0.25, 0.3) is 0 Å². The third-order valence-electron chi connectivity index (χ3n) is 8.58. The molecular weight excluding hydrogens is 632 g/mol. The van der Waals surface area contributed by atoms with Gasteiger partial charge in [-0.2, -0.15) is 0 Å². The zero-order chi connectivity index (χ0) is 27.9. The smallest absolute Gasteiger partial charge is 0.270 e. The average molecular weight is 677 g/mol. The molecule has 3 nitrogen and oxygen atoms in total. The number of Topliss-reactive ketones (excluding diaryl/α,β-unsaturated/α-hetero) is 2. The number of rotatable bonds is 11. The first-order valence-corrected chi connectivity index (χ1v) is 20.0. The minimum atomic E-state index is -2.10. The van der Waals surface area contributed by atoms with Crippen molar-refractivity contribution in [2.45, 2.75) is 116 Å². The Balaban J connectivity index is 2.60. The molecule has 0 unspecified atom stereocenters. The maximum atomic E-state index is 13.6. The number of hydrogen-bond donors (Lipinski definition) is 0. The number of thiophene rings is 1. The summed E-state index contributed by atoms with van der Waals surface area (Å²) in [6.45, 7) is 27.4. The fourth-order valence-corrected chi connectivity index (χ4v) is 25.4. The summed E-state index contributed by atoms with van der Waals surface area (Å²) in [5.41, 5.74) is 2.86. The van der Waals surface area contributed by atoms with E-state index in [2.05, 4.69) is 121 Å². The number of ketones is 2. The van der Waals surface area contributed by atoms with Crippen molar-refractivity contribution in [1.29, 1.82) is 0 Å². The van der Waals surface area contributed by atoms with Crippen molar-refractivity contribution in [3.05, 3.63) is 31.7 Å². The van der Waals surface area contributed by atoms with Gasteiger partial charge in [-0.05, 0) is 81.7 Å². The van der Waals surface area contributed by atoms with Crippen LogP contribution in [-0.2, 0) is 0 Å². The van der Waals surface area contributed by atoms with Crippen molar-refractivity contribution < 1.29 is 14.0 Å². The molecule has 0 aliphatic heterocycles. The number of furan rings is 1. The summed E-state index contributed by atoms with van der Waals surface area (Å²) in [5, 5.41) is 0.905. The van der Waals surface area contributed by atoms with Crippen LogP contribution in [0, 0.1) is 0 Å². The molecule has 0 atom stereocenters. The van der Waals surface area contributed by atoms with Crippen molar-refractivity contribution in [3.8, 4) is 0 Å². The Morgan fingerprint density at radius 3 is 1.47 bits per heavy atom. The Labute approximate surface area is 241 Å². The lowest BCUT2D eigenvalue weighted by Crippen LogP contribution is -2.55.